The molecule has 1 aromatic rings. The fourth-order valence-electron chi connectivity index (χ4n) is 3.13. The molecule has 0 bridgehead atoms. The Morgan fingerprint density at radius 2 is 2.00 bits per heavy atom. The number of carboxylic acid groups (broad SMARTS) is 1. The zero-order valence-electron chi connectivity index (χ0n) is 12.0. The smallest absolute Gasteiger partial charge is 0.314 e. The Balaban J connectivity index is 2.14. The summed E-state index contributed by atoms with van der Waals surface area (Å²) in [4.78, 5) is 12.0. The highest BCUT2D eigenvalue weighted by Crippen LogP contribution is 2.50. The molecule has 21 heavy (non-hydrogen) atoms. The Morgan fingerprint density at radius 3 is 2.52 bits per heavy atom. The second kappa shape index (κ2) is 5.52. The van der Waals surface area contributed by atoms with Crippen LogP contribution in [0.5, 0.6) is 11.5 Å². The van der Waals surface area contributed by atoms with Gasteiger partial charge in [-0.25, -0.2) is 0 Å². The first-order chi connectivity index (χ1) is 10.1. The molecule has 1 N–H and O–H groups in total. The van der Waals surface area contributed by atoms with Gasteiger partial charge in [0.2, 0.25) is 0 Å². The first kappa shape index (κ1) is 14.7. The van der Waals surface area contributed by atoms with Gasteiger partial charge >= 0.3 is 5.97 Å². The summed E-state index contributed by atoms with van der Waals surface area (Å²) in [7, 11) is 1.59. The topological polar surface area (TPSA) is 55.8 Å². The van der Waals surface area contributed by atoms with E-state index in [4.69, 9.17) is 9.47 Å². The number of rotatable bonds is 5. The molecule has 2 aliphatic carbocycles. The average Bonchev–Trinajstić information content (AvgIpc) is 3.13. The Bertz CT molecular complexity index is 560. The van der Waals surface area contributed by atoms with Crippen molar-refractivity contribution in [1.82, 2.24) is 0 Å². The fourth-order valence-corrected chi connectivity index (χ4v) is 3.56. The highest BCUT2D eigenvalue weighted by Gasteiger charge is 2.46. The molecular weight excluding hydrogens is 336 g/mol. The number of halogens is 1. The van der Waals surface area contributed by atoms with Crippen molar-refractivity contribution in [3.63, 3.8) is 0 Å². The molecule has 114 valence electrons. The molecule has 0 spiro atoms. The molecule has 0 radical (unpaired) electrons. The van der Waals surface area contributed by atoms with E-state index in [2.05, 4.69) is 15.9 Å². The van der Waals surface area contributed by atoms with E-state index in [1.54, 1.807) is 7.11 Å². The molecular formula is C16H19BrO4. The molecule has 1 aromatic carbocycles. The number of carbonyl (C=O) groups is 1. The zero-order chi connectivity index (χ0) is 15.0. The second-order valence-corrected chi connectivity index (χ2v) is 6.81. The molecule has 0 aliphatic heterocycles. The molecule has 2 saturated carbocycles. The maximum Gasteiger partial charge on any atom is 0.314 e. The maximum absolute atomic E-state index is 12.0. The van der Waals surface area contributed by atoms with Gasteiger partial charge in [-0.2, -0.15) is 0 Å². The van der Waals surface area contributed by atoms with Crippen molar-refractivity contribution in [2.24, 2.45) is 0 Å². The maximum atomic E-state index is 12.0. The summed E-state index contributed by atoms with van der Waals surface area (Å²) in [5.41, 5.74) is -0.0907. The van der Waals surface area contributed by atoms with E-state index in [-0.39, 0.29) is 6.10 Å². The SMILES string of the molecule is COc1cc(Br)cc(C2(C(=O)O)CCCC2)c1OC1CC1. The number of aliphatic carboxylic acids is 1. The molecule has 0 heterocycles. The van der Waals surface area contributed by atoms with Crippen LogP contribution in [0.2, 0.25) is 0 Å². The zero-order valence-corrected chi connectivity index (χ0v) is 13.6. The third kappa shape index (κ3) is 2.63. The van der Waals surface area contributed by atoms with Crippen LogP contribution in [-0.2, 0) is 10.2 Å². The summed E-state index contributed by atoms with van der Waals surface area (Å²) in [5, 5.41) is 9.83. The molecule has 0 saturated heterocycles. The highest BCUT2D eigenvalue weighted by atomic mass is 79.9. The molecule has 5 heteroatoms. The van der Waals surface area contributed by atoms with Crippen molar-refractivity contribution in [3.8, 4) is 11.5 Å². The van der Waals surface area contributed by atoms with Gasteiger partial charge < -0.3 is 14.6 Å². The summed E-state index contributed by atoms with van der Waals surface area (Å²) in [6, 6.07) is 3.73. The fraction of sp³-hybridized carbons (Fsp3) is 0.562. The van der Waals surface area contributed by atoms with E-state index in [1.807, 2.05) is 12.1 Å². The van der Waals surface area contributed by atoms with Gasteiger partial charge in [0.15, 0.2) is 11.5 Å². The largest absolute Gasteiger partial charge is 0.493 e. The number of hydrogen-bond acceptors (Lipinski definition) is 3. The lowest BCUT2D eigenvalue weighted by atomic mass is 9.78. The van der Waals surface area contributed by atoms with Gasteiger partial charge in [0.05, 0.1) is 18.6 Å². The van der Waals surface area contributed by atoms with E-state index in [0.717, 1.165) is 35.7 Å². The summed E-state index contributed by atoms with van der Waals surface area (Å²) in [6.45, 7) is 0. The standard InChI is InChI=1S/C16H19BrO4/c1-20-13-9-10(17)8-12(14(13)21-11-4-5-11)16(15(18)19)6-2-3-7-16/h8-9,11H,2-7H2,1H3,(H,18,19). The minimum atomic E-state index is -0.846. The predicted molar refractivity (Wildman–Crippen MR) is 82.1 cm³/mol. The van der Waals surface area contributed by atoms with Crippen LogP contribution < -0.4 is 9.47 Å². The van der Waals surface area contributed by atoms with Crippen molar-refractivity contribution in [2.75, 3.05) is 7.11 Å². The number of hydrogen-bond donors (Lipinski definition) is 1. The lowest BCUT2D eigenvalue weighted by Gasteiger charge is -2.28. The molecule has 0 atom stereocenters. The minimum absolute atomic E-state index is 0.200. The number of carboxylic acids is 1. The van der Waals surface area contributed by atoms with Crippen LogP contribution in [0.15, 0.2) is 16.6 Å². The van der Waals surface area contributed by atoms with Crippen LogP contribution in [0.1, 0.15) is 44.1 Å². The summed E-state index contributed by atoms with van der Waals surface area (Å²) < 4.78 is 12.3. The number of ether oxygens (including phenoxy) is 2. The van der Waals surface area contributed by atoms with Crippen LogP contribution in [0, 0.1) is 0 Å². The first-order valence-electron chi connectivity index (χ1n) is 7.35. The second-order valence-electron chi connectivity index (χ2n) is 5.90. The van der Waals surface area contributed by atoms with Crippen molar-refractivity contribution in [3.05, 3.63) is 22.2 Å². The molecule has 0 aromatic heterocycles. The summed E-state index contributed by atoms with van der Waals surface area (Å²) in [5.74, 6) is 0.465. The summed E-state index contributed by atoms with van der Waals surface area (Å²) >= 11 is 3.46. The van der Waals surface area contributed by atoms with E-state index >= 15 is 0 Å². The van der Waals surface area contributed by atoms with Crippen molar-refractivity contribution < 1.29 is 19.4 Å². The molecule has 2 fully saturated rings. The van der Waals surface area contributed by atoms with Gasteiger partial charge in [-0.1, -0.05) is 28.8 Å². The minimum Gasteiger partial charge on any atom is -0.493 e. The molecule has 3 rings (SSSR count). The normalized spacial score (nSPS) is 20.3. The van der Waals surface area contributed by atoms with E-state index in [9.17, 15) is 9.90 Å². The van der Waals surface area contributed by atoms with Crippen molar-refractivity contribution in [2.45, 2.75) is 50.0 Å². The lowest BCUT2D eigenvalue weighted by Crippen LogP contribution is -2.33. The van der Waals surface area contributed by atoms with Crippen LogP contribution >= 0.6 is 15.9 Å². The van der Waals surface area contributed by atoms with E-state index in [1.165, 1.54) is 0 Å². The highest BCUT2D eigenvalue weighted by molar-refractivity contribution is 9.10. The van der Waals surface area contributed by atoms with Crippen LogP contribution in [0.25, 0.3) is 0 Å². The Labute approximate surface area is 132 Å². The van der Waals surface area contributed by atoms with Crippen LogP contribution in [0.4, 0.5) is 0 Å². The molecule has 0 unspecified atom stereocenters. The summed E-state index contributed by atoms with van der Waals surface area (Å²) in [6.07, 6.45) is 5.43. The third-order valence-corrected chi connectivity index (χ3v) is 4.89. The van der Waals surface area contributed by atoms with Gasteiger partial charge in [-0.15, -0.1) is 0 Å². The van der Waals surface area contributed by atoms with Gasteiger partial charge in [0, 0.05) is 10.0 Å². The Morgan fingerprint density at radius 1 is 1.33 bits per heavy atom. The molecule has 4 nitrogen and oxygen atoms in total. The van der Waals surface area contributed by atoms with E-state index < -0.39 is 11.4 Å². The van der Waals surface area contributed by atoms with E-state index in [0.29, 0.717) is 24.3 Å². The van der Waals surface area contributed by atoms with Crippen LogP contribution in [0.3, 0.4) is 0 Å². The monoisotopic (exact) mass is 354 g/mol. The van der Waals surface area contributed by atoms with Crippen LogP contribution in [-0.4, -0.2) is 24.3 Å². The number of benzene rings is 1. The van der Waals surface area contributed by atoms with Gasteiger partial charge in [0.25, 0.3) is 0 Å². The Kier molecular flexibility index (Phi) is 3.86. The quantitative estimate of drug-likeness (QED) is 0.871. The molecule has 0 amide bonds. The number of methoxy groups -OCH3 is 1. The van der Waals surface area contributed by atoms with Gasteiger partial charge in [-0.3, -0.25) is 4.79 Å². The van der Waals surface area contributed by atoms with Gasteiger partial charge in [0.1, 0.15) is 0 Å². The molecule has 2 aliphatic rings. The lowest BCUT2D eigenvalue weighted by molar-refractivity contribution is -0.143. The van der Waals surface area contributed by atoms with Gasteiger partial charge in [-0.05, 0) is 37.8 Å². The Hall–Kier alpha value is -1.23. The average molecular weight is 355 g/mol. The predicted octanol–water partition coefficient (Wildman–Crippen LogP) is 3.90. The first-order valence-corrected chi connectivity index (χ1v) is 8.14. The van der Waals surface area contributed by atoms with Crippen molar-refractivity contribution in [1.29, 1.82) is 0 Å². The van der Waals surface area contributed by atoms with Crippen molar-refractivity contribution >= 4 is 21.9 Å². The third-order valence-electron chi connectivity index (χ3n) is 4.43.